The van der Waals surface area contributed by atoms with Gasteiger partial charge in [-0.3, -0.25) is 0 Å². The molecule has 0 aliphatic carbocycles. The summed E-state index contributed by atoms with van der Waals surface area (Å²) in [7, 11) is 0. The van der Waals surface area contributed by atoms with Crippen molar-refractivity contribution >= 4 is 29.6 Å². The minimum atomic E-state index is 0. The van der Waals surface area contributed by atoms with Crippen LogP contribution in [0.4, 0.5) is 0 Å². The fraction of sp³-hybridized carbons (Fsp3) is 0. The molecule has 0 atom stereocenters. The minimum absolute atomic E-state index is 0. The Balaban J connectivity index is 0. The van der Waals surface area contributed by atoms with E-state index >= 15 is 0 Å². The molecule has 0 fully saturated rings. The normalized spacial score (nSPS) is 3.00. The Kier molecular flexibility index (Phi) is 22.1. The van der Waals surface area contributed by atoms with Gasteiger partial charge >= 0.3 is 0 Å². The van der Waals surface area contributed by atoms with Crippen LogP contribution >= 0.6 is 0 Å². The Bertz CT molecular complexity index is 13.5. The Morgan fingerprint density at radius 1 is 1.75 bits per heavy atom. The molecule has 0 saturated carbocycles. The van der Waals surface area contributed by atoms with Crippen molar-refractivity contribution in [2.75, 3.05) is 0 Å². The average molecular weight is 71.0 g/mol. The third-order valence-corrected chi connectivity index (χ3v) is 0. The van der Waals surface area contributed by atoms with Crippen molar-refractivity contribution in [3.63, 3.8) is 0 Å². The number of nitrogens with zero attached hydrogens (tertiary/aromatic N) is 1. The van der Waals surface area contributed by atoms with Crippen molar-refractivity contribution in [2.24, 2.45) is 5.34 Å². The van der Waals surface area contributed by atoms with E-state index in [4.69, 9.17) is 10.1 Å². The summed E-state index contributed by atoms with van der Waals surface area (Å²) in [5.74, 6) is 0. The molecule has 4 heavy (non-hydrogen) atoms. The van der Waals surface area contributed by atoms with Crippen molar-refractivity contribution < 1.29 is 5.21 Å². The summed E-state index contributed by atoms with van der Waals surface area (Å²) >= 11 is 0. The SMILES string of the molecule is O=[15N]O.[Na]. The fourth-order valence-electron chi connectivity index (χ4n) is 0. The van der Waals surface area contributed by atoms with Crippen LogP contribution in [0.15, 0.2) is 5.34 Å². The van der Waals surface area contributed by atoms with Crippen LogP contribution < -0.4 is 0 Å². The fourth-order valence-corrected chi connectivity index (χ4v) is 0. The van der Waals surface area contributed by atoms with E-state index in [-0.39, 0.29) is 29.6 Å². The summed E-state index contributed by atoms with van der Waals surface area (Å²) in [5, 5.41) is 7.89. The second kappa shape index (κ2) is 9.99. The van der Waals surface area contributed by atoms with Crippen LogP contribution in [0.3, 0.4) is 0 Å². The topological polar surface area (TPSA) is 49.7 Å². The van der Waals surface area contributed by atoms with Crippen LogP contribution in [0, 0.1) is 4.91 Å². The molecule has 0 aromatic rings. The van der Waals surface area contributed by atoms with E-state index in [1.54, 1.807) is 0 Å². The molecule has 0 aromatic carbocycles. The molecule has 4 heteroatoms. The third kappa shape index (κ3) is 29.4. The molecule has 0 unspecified atom stereocenters. The van der Waals surface area contributed by atoms with Crippen molar-refractivity contribution in [2.45, 2.75) is 0 Å². The monoisotopic (exact) mass is 71.0 g/mol. The first-order valence-electron chi connectivity index (χ1n) is 0.383. The van der Waals surface area contributed by atoms with Crippen molar-refractivity contribution in [3.8, 4) is 0 Å². The van der Waals surface area contributed by atoms with Crippen LogP contribution in [0.25, 0.3) is 0 Å². The Morgan fingerprint density at radius 3 is 1.75 bits per heavy atom. The van der Waals surface area contributed by atoms with E-state index in [1.807, 2.05) is 0 Å². The van der Waals surface area contributed by atoms with Crippen LogP contribution in [0.1, 0.15) is 0 Å². The maximum absolute atomic E-state index is 8.11. The second-order valence-corrected chi connectivity index (χ2v) is 0.0816. The molecule has 1 radical (unpaired) electrons. The molecular weight excluding hydrogens is 70.0 g/mol. The molecular formula is HNNaO2. The predicted molar refractivity (Wildman–Crippen MR) is 13.3 cm³/mol. The van der Waals surface area contributed by atoms with Gasteiger partial charge in [-0.25, -0.2) is 0 Å². The van der Waals surface area contributed by atoms with Gasteiger partial charge in [-0.05, 0) is 0 Å². The molecule has 0 heterocycles. The van der Waals surface area contributed by atoms with Gasteiger partial charge in [0.25, 0.3) is 0 Å². The first-order valence-corrected chi connectivity index (χ1v) is 0.383. The molecule has 0 aromatic heterocycles. The maximum atomic E-state index is 8.11. The van der Waals surface area contributed by atoms with Crippen LogP contribution in [0.5, 0.6) is 0 Å². The predicted octanol–water partition coefficient (Wildman–Crippen LogP) is -0.239. The summed E-state index contributed by atoms with van der Waals surface area (Å²) in [4.78, 5) is 8.11. The Hall–Kier alpha value is 0.400. The third-order valence-electron chi connectivity index (χ3n) is 0. The molecule has 0 saturated heterocycles. The van der Waals surface area contributed by atoms with E-state index in [0.717, 1.165) is 0 Å². The summed E-state index contributed by atoms with van der Waals surface area (Å²) in [6.07, 6.45) is 0. The molecule has 0 spiro atoms. The van der Waals surface area contributed by atoms with E-state index in [2.05, 4.69) is 0 Å². The van der Waals surface area contributed by atoms with Gasteiger partial charge in [0.2, 0.25) is 0 Å². The molecule has 0 rings (SSSR count). The Morgan fingerprint density at radius 2 is 1.75 bits per heavy atom. The first kappa shape index (κ1) is 8.83. The van der Waals surface area contributed by atoms with Crippen LogP contribution in [-0.2, 0) is 0 Å². The summed E-state index contributed by atoms with van der Waals surface area (Å²) < 4.78 is 0. The van der Waals surface area contributed by atoms with Gasteiger partial charge in [-0.2, -0.15) is 0 Å². The van der Waals surface area contributed by atoms with Crippen LogP contribution in [-0.4, -0.2) is 34.8 Å². The molecule has 0 aliphatic heterocycles. The van der Waals surface area contributed by atoms with E-state index < -0.39 is 0 Å². The quantitative estimate of drug-likeness (QED) is 0.185. The standard InChI is InChI=1S/HNO2.Na/c2-1-3;/h(H,2,3);/i1+1;. The Labute approximate surface area is 45.2 Å². The van der Waals surface area contributed by atoms with E-state index in [0.29, 0.717) is 0 Å². The molecule has 1 N–H and O–H groups in total. The largest absolute Gasteiger partial charge is 0.379 e. The van der Waals surface area contributed by atoms with Gasteiger partial charge in [-0.1, -0.05) is 0 Å². The van der Waals surface area contributed by atoms with Crippen molar-refractivity contribution in [1.29, 1.82) is 0 Å². The minimum Gasteiger partial charge on any atom is -0.379 e. The van der Waals surface area contributed by atoms with Gasteiger partial charge in [0.15, 0.2) is 5.34 Å². The molecule has 3 nitrogen and oxygen atoms in total. The second-order valence-electron chi connectivity index (χ2n) is 0.0816. The molecule has 0 bridgehead atoms. The zero-order chi connectivity index (χ0) is 2.71. The first-order chi connectivity index (χ1) is 1.41. The summed E-state index contributed by atoms with van der Waals surface area (Å²) in [5.41, 5.74) is 0. The summed E-state index contributed by atoms with van der Waals surface area (Å²) in [6, 6.07) is 0. The van der Waals surface area contributed by atoms with Gasteiger partial charge in [0.05, 0.1) is 0 Å². The molecule has 0 aliphatic rings. The van der Waals surface area contributed by atoms with E-state index in [1.165, 1.54) is 5.34 Å². The van der Waals surface area contributed by atoms with Gasteiger partial charge in [-0.15, -0.1) is 4.91 Å². The summed E-state index contributed by atoms with van der Waals surface area (Å²) in [6.45, 7) is 0. The van der Waals surface area contributed by atoms with Gasteiger partial charge in [0.1, 0.15) is 0 Å². The number of rotatable bonds is 0. The van der Waals surface area contributed by atoms with Gasteiger partial charge < -0.3 is 5.21 Å². The van der Waals surface area contributed by atoms with Crippen LogP contribution in [0.2, 0.25) is 0 Å². The number of hydrogen-bond acceptors (Lipinski definition) is 2. The number of hydrogen-bond donors (Lipinski definition) is 1. The zero-order valence-electron chi connectivity index (χ0n) is 2.30. The van der Waals surface area contributed by atoms with Crippen molar-refractivity contribution in [1.82, 2.24) is 0 Å². The van der Waals surface area contributed by atoms with Gasteiger partial charge in [0, 0.05) is 29.6 Å². The molecule has 0 amide bonds. The zero-order valence-corrected chi connectivity index (χ0v) is 4.30. The maximum Gasteiger partial charge on any atom is 0.152 e. The van der Waals surface area contributed by atoms with E-state index in [9.17, 15) is 0 Å². The van der Waals surface area contributed by atoms with Crippen molar-refractivity contribution in [3.05, 3.63) is 4.91 Å². The average Bonchev–Trinajstić information content (AvgIpc) is 0.918. The smallest absolute Gasteiger partial charge is 0.152 e. The molecule has 19 valence electrons.